The molecule has 4 aliphatic rings. The van der Waals surface area contributed by atoms with E-state index in [1.54, 1.807) is 36.4 Å². The molecule has 0 radical (unpaired) electrons. The molecule has 0 aromatic heterocycles. The Morgan fingerprint density at radius 1 is 1.19 bits per heavy atom. The van der Waals surface area contributed by atoms with Gasteiger partial charge in [-0.3, -0.25) is 28.9 Å². The van der Waals surface area contributed by atoms with Gasteiger partial charge in [-0.25, -0.2) is 9.56 Å². The highest BCUT2D eigenvalue weighted by Gasteiger charge is 2.73. The summed E-state index contributed by atoms with van der Waals surface area (Å²) in [4.78, 5) is 46.8. The summed E-state index contributed by atoms with van der Waals surface area (Å²) in [6.45, 7) is 2.92. The molecule has 2 fully saturated rings. The van der Waals surface area contributed by atoms with Gasteiger partial charge in [-0.2, -0.15) is 10.2 Å². The predicted octanol–water partition coefficient (Wildman–Crippen LogP) is 2.45. The number of nitrogens with two attached hydrogens (primary N) is 1. The van der Waals surface area contributed by atoms with Gasteiger partial charge in [-0.1, -0.05) is 30.7 Å². The second-order valence-electron chi connectivity index (χ2n) is 11.6. The van der Waals surface area contributed by atoms with Gasteiger partial charge in [-0.05, 0) is 44.2 Å². The molecule has 1 saturated carbocycles. The first kappa shape index (κ1) is 34.1. The van der Waals surface area contributed by atoms with Crippen LogP contribution in [0.25, 0.3) is 0 Å². The molecule has 254 valence electrons. The van der Waals surface area contributed by atoms with Gasteiger partial charge in [0.25, 0.3) is 5.60 Å². The van der Waals surface area contributed by atoms with Crippen LogP contribution in [0.5, 0.6) is 5.75 Å². The van der Waals surface area contributed by atoms with E-state index in [2.05, 4.69) is 20.2 Å². The van der Waals surface area contributed by atoms with Crippen LogP contribution in [0.15, 0.2) is 57.2 Å². The maximum absolute atomic E-state index is 14.5. The Bertz CT molecular complexity index is 1550. The van der Waals surface area contributed by atoms with Crippen LogP contribution in [0.3, 0.4) is 0 Å². The Morgan fingerprint density at radius 3 is 2.55 bits per heavy atom. The molecule has 1 aromatic carbocycles. The normalized spacial score (nSPS) is 27.8. The molecule has 1 saturated heterocycles. The minimum atomic E-state index is -4.52. The second kappa shape index (κ2) is 13.8. The number of para-hydroxylation sites is 1. The van der Waals surface area contributed by atoms with Crippen molar-refractivity contribution in [1.82, 2.24) is 10.1 Å². The number of benzene rings is 1. The van der Waals surface area contributed by atoms with Crippen molar-refractivity contribution in [1.29, 1.82) is 0 Å². The Balaban J connectivity index is 1.51. The minimum absolute atomic E-state index is 0.153. The lowest BCUT2D eigenvalue weighted by Gasteiger charge is -2.46. The van der Waals surface area contributed by atoms with Crippen LogP contribution in [0.4, 0.5) is 0 Å². The van der Waals surface area contributed by atoms with Crippen molar-refractivity contribution in [2.45, 2.75) is 69.7 Å². The molecule has 3 unspecified atom stereocenters. The van der Waals surface area contributed by atoms with Crippen molar-refractivity contribution in [3.8, 4) is 5.75 Å². The standard InChI is InChI=1S/C30H39N6O10P/c1-19(27(39)41-15-22-9-8-10-22)35-47(40,46-23-11-6-5-7-12-23)43-17-30(45-21(3)38)28(32-4)42-16-29(30,44-20(2)37)25-14-13-24-26(31)33-18-34-36(24)25/h5-7,11-13,18-19,22,25H,8-10,14-17H2,1-4H3,(H,35,40)(H2,31,33,34)/b32-28-/t19-,25?,29?,30?,47-/m0/s1. The van der Waals surface area contributed by atoms with Crippen molar-refractivity contribution in [3.63, 3.8) is 0 Å². The van der Waals surface area contributed by atoms with Gasteiger partial charge in [0.2, 0.25) is 11.5 Å². The molecule has 16 nitrogen and oxygen atoms in total. The Hall–Kier alpha value is -4.27. The van der Waals surface area contributed by atoms with Crippen LogP contribution in [0, 0.1) is 5.92 Å². The summed E-state index contributed by atoms with van der Waals surface area (Å²) in [5, 5.41) is 8.48. The second-order valence-corrected chi connectivity index (χ2v) is 13.3. The van der Waals surface area contributed by atoms with Crippen molar-refractivity contribution < 1.29 is 46.9 Å². The molecule has 5 atom stereocenters. The van der Waals surface area contributed by atoms with Gasteiger partial charge in [0, 0.05) is 20.9 Å². The molecule has 0 spiro atoms. The molecule has 47 heavy (non-hydrogen) atoms. The molecular formula is C30H39N6O10P. The highest BCUT2D eigenvalue weighted by Crippen LogP contribution is 2.51. The Labute approximate surface area is 271 Å². The van der Waals surface area contributed by atoms with Crippen LogP contribution in [-0.4, -0.2) is 91.1 Å². The third-order valence-electron chi connectivity index (χ3n) is 8.35. The average Bonchev–Trinajstić information content (AvgIpc) is 3.56. The molecule has 1 aliphatic carbocycles. The van der Waals surface area contributed by atoms with Crippen molar-refractivity contribution in [3.05, 3.63) is 42.1 Å². The fourth-order valence-corrected chi connectivity index (χ4v) is 7.44. The van der Waals surface area contributed by atoms with Gasteiger partial charge in [-0.15, -0.1) is 0 Å². The lowest BCUT2D eigenvalue weighted by atomic mass is 9.78. The zero-order valence-corrected chi connectivity index (χ0v) is 27.5. The predicted molar refractivity (Wildman–Crippen MR) is 168 cm³/mol. The monoisotopic (exact) mass is 674 g/mol. The third-order valence-corrected chi connectivity index (χ3v) is 9.97. The van der Waals surface area contributed by atoms with Crippen molar-refractivity contribution in [2.75, 3.05) is 26.9 Å². The summed E-state index contributed by atoms with van der Waals surface area (Å²) in [5.74, 6) is -1.79. The Morgan fingerprint density at radius 2 is 1.91 bits per heavy atom. The number of rotatable bonds is 13. The number of carbonyl (C=O) groups is 3. The van der Waals surface area contributed by atoms with Crippen LogP contribution < -0.4 is 15.3 Å². The maximum Gasteiger partial charge on any atom is 0.459 e. The summed E-state index contributed by atoms with van der Waals surface area (Å²) in [5.41, 5.74) is 2.55. The number of amidine groups is 1. The number of nitrogens with one attached hydrogen (secondary N) is 1. The zero-order chi connectivity index (χ0) is 33.8. The van der Waals surface area contributed by atoms with E-state index in [-0.39, 0.29) is 37.1 Å². The van der Waals surface area contributed by atoms with Crippen LogP contribution in [0.2, 0.25) is 0 Å². The van der Waals surface area contributed by atoms with Gasteiger partial charge in [0.05, 0.1) is 12.3 Å². The van der Waals surface area contributed by atoms with Gasteiger partial charge in [0.15, 0.2) is 5.84 Å². The van der Waals surface area contributed by atoms with Crippen LogP contribution >= 0.6 is 7.75 Å². The van der Waals surface area contributed by atoms with Gasteiger partial charge >= 0.3 is 25.7 Å². The lowest BCUT2D eigenvalue weighted by Crippen LogP contribution is -2.69. The molecule has 5 rings (SSSR count). The van der Waals surface area contributed by atoms with Crippen molar-refractivity contribution in [2.24, 2.45) is 26.7 Å². The fraction of sp³-hybridized carbons (Fsp3) is 0.533. The number of hydrogen-bond acceptors (Lipinski definition) is 15. The number of hydrazone groups is 1. The molecular weight excluding hydrogens is 635 g/mol. The molecule has 3 aliphatic heterocycles. The average molecular weight is 675 g/mol. The number of carbonyl (C=O) groups excluding carboxylic acids is 3. The van der Waals surface area contributed by atoms with Gasteiger partial charge < -0.3 is 29.2 Å². The summed E-state index contributed by atoms with van der Waals surface area (Å²) in [6, 6.07) is 6.13. The molecule has 0 amide bonds. The molecule has 3 heterocycles. The Kier molecular flexibility index (Phi) is 10.0. The minimum Gasteiger partial charge on any atom is -0.473 e. The van der Waals surface area contributed by atoms with E-state index in [1.807, 2.05) is 0 Å². The van der Waals surface area contributed by atoms with Crippen LogP contribution in [-0.2, 0) is 42.4 Å². The summed E-state index contributed by atoms with van der Waals surface area (Å²) < 4.78 is 49.8. The summed E-state index contributed by atoms with van der Waals surface area (Å²) in [7, 11) is -3.13. The lowest BCUT2D eigenvalue weighted by molar-refractivity contribution is -0.208. The van der Waals surface area contributed by atoms with E-state index < -0.39 is 55.5 Å². The number of ether oxygens (including phenoxy) is 4. The number of aliphatic imine (C=N–C) groups is 2. The summed E-state index contributed by atoms with van der Waals surface area (Å²) in [6.07, 6.45) is 6.20. The maximum atomic E-state index is 14.5. The molecule has 1 aromatic rings. The number of esters is 3. The van der Waals surface area contributed by atoms with E-state index in [0.29, 0.717) is 11.6 Å². The van der Waals surface area contributed by atoms with Crippen molar-refractivity contribution >= 4 is 43.7 Å². The molecule has 17 heteroatoms. The van der Waals surface area contributed by atoms with E-state index in [1.165, 1.54) is 32.2 Å². The van der Waals surface area contributed by atoms with E-state index >= 15 is 0 Å². The zero-order valence-electron chi connectivity index (χ0n) is 26.6. The first-order valence-electron chi connectivity index (χ1n) is 15.2. The van der Waals surface area contributed by atoms with E-state index in [0.717, 1.165) is 26.2 Å². The largest absolute Gasteiger partial charge is 0.473 e. The molecule has 0 bridgehead atoms. The fourth-order valence-electron chi connectivity index (χ4n) is 5.93. The number of hydrogen-bond donors (Lipinski definition) is 2. The summed E-state index contributed by atoms with van der Waals surface area (Å²) >= 11 is 0. The molecule has 3 N–H and O–H groups in total. The SMILES string of the molecule is C/N=C1\OCC(OC(C)=O)(C2CC=C3C(N)=NC=NN32)C1(CO[P@@](=O)(N[C@@H](C)C(=O)OCC1CCC1)Oc1ccccc1)OC(C)=O. The highest BCUT2D eigenvalue weighted by atomic mass is 31.2. The quantitative estimate of drug-likeness (QED) is 0.176. The smallest absolute Gasteiger partial charge is 0.459 e. The first-order chi connectivity index (χ1) is 22.4. The van der Waals surface area contributed by atoms with E-state index in [9.17, 15) is 18.9 Å². The highest BCUT2D eigenvalue weighted by molar-refractivity contribution is 7.52. The third kappa shape index (κ3) is 6.90. The van der Waals surface area contributed by atoms with E-state index in [4.69, 9.17) is 33.7 Å². The number of fused-ring (bicyclic) bond motifs is 1. The topological polar surface area (TPSA) is 202 Å². The number of nitrogens with zero attached hydrogens (tertiary/aromatic N) is 4. The first-order valence-corrected chi connectivity index (χ1v) is 16.7. The van der Waals surface area contributed by atoms with Gasteiger partial charge in [0.1, 0.15) is 37.4 Å². The van der Waals surface area contributed by atoms with Crippen LogP contribution in [0.1, 0.15) is 46.5 Å².